The lowest BCUT2D eigenvalue weighted by Gasteiger charge is -2.14. The predicted octanol–water partition coefficient (Wildman–Crippen LogP) is 3.94. The van der Waals surface area contributed by atoms with E-state index in [1.54, 1.807) is 12.4 Å². The third-order valence-corrected chi connectivity index (χ3v) is 3.52. The number of rotatable bonds is 3. The maximum Gasteiger partial charge on any atom is 0.0453 e. The quantitative estimate of drug-likeness (QED) is 0.925. The molecule has 94 valence electrons. The van der Waals surface area contributed by atoms with Crippen molar-refractivity contribution in [2.24, 2.45) is 5.73 Å². The summed E-state index contributed by atoms with van der Waals surface area (Å²) < 4.78 is 0. The number of pyridine rings is 1. The van der Waals surface area contributed by atoms with Gasteiger partial charge in [-0.05, 0) is 42.2 Å². The first-order valence-corrected chi connectivity index (χ1v) is 6.43. The number of halogens is 2. The molecule has 1 unspecified atom stereocenters. The number of aryl methyl sites for hydroxylation is 1. The lowest BCUT2D eigenvalue weighted by Crippen LogP contribution is -2.14. The van der Waals surface area contributed by atoms with Crippen LogP contribution in [0.3, 0.4) is 0 Å². The minimum atomic E-state index is -0.158. The minimum absolute atomic E-state index is 0.158. The SMILES string of the molecule is Cc1cncc(C(N)Cc2c(Cl)cccc2Cl)c1. The van der Waals surface area contributed by atoms with Gasteiger partial charge in [0, 0.05) is 28.5 Å². The Labute approximate surface area is 117 Å². The van der Waals surface area contributed by atoms with Crippen molar-refractivity contribution < 1.29 is 0 Å². The Morgan fingerprint density at radius 3 is 2.50 bits per heavy atom. The summed E-state index contributed by atoms with van der Waals surface area (Å²) in [7, 11) is 0. The third-order valence-electron chi connectivity index (χ3n) is 2.81. The highest BCUT2D eigenvalue weighted by molar-refractivity contribution is 6.36. The largest absolute Gasteiger partial charge is 0.324 e. The van der Waals surface area contributed by atoms with Crippen LogP contribution in [0.25, 0.3) is 0 Å². The Morgan fingerprint density at radius 1 is 1.22 bits per heavy atom. The molecule has 2 aromatic rings. The van der Waals surface area contributed by atoms with Crippen LogP contribution < -0.4 is 5.73 Å². The summed E-state index contributed by atoms with van der Waals surface area (Å²) in [6.07, 6.45) is 4.19. The summed E-state index contributed by atoms with van der Waals surface area (Å²) in [6.45, 7) is 1.99. The number of hydrogen-bond donors (Lipinski definition) is 1. The van der Waals surface area contributed by atoms with E-state index in [1.807, 2.05) is 31.2 Å². The first kappa shape index (κ1) is 13.3. The normalized spacial score (nSPS) is 12.4. The van der Waals surface area contributed by atoms with Crippen LogP contribution in [0.5, 0.6) is 0 Å². The molecule has 0 fully saturated rings. The molecule has 18 heavy (non-hydrogen) atoms. The third kappa shape index (κ3) is 3.02. The smallest absolute Gasteiger partial charge is 0.0453 e. The van der Waals surface area contributed by atoms with Crippen molar-refractivity contribution in [3.05, 3.63) is 63.4 Å². The summed E-state index contributed by atoms with van der Waals surface area (Å²) in [4.78, 5) is 4.15. The standard InChI is InChI=1S/C14H14Cl2N2/c1-9-5-10(8-18-7-9)14(17)6-11-12(15)3-2-4-13(11)16/h2-5,7-8,14H,6,17H2,1H3. The highest BCUT2D eigenvalue weighted by Gasteiger charge is 2.12. The number of nitrogens with two attached hydrogens (primary N) is 1. The zero-order valence-corrected chi connectivity index (χ0v) is 11.5. The van der Waals surface area contributed by atoms with Crippen molar-refractivity contribution in [1.29, 1.82) is 0 Å². The molecule has 4 heteroatoms. The van der Waals surface area contributed by atoms with Gasteiger partial charge < -0.3 is 5.73 Å². The van der Waals surface area contributed by atoms with Crippen molar-refractivity contribution in [2.45, 2.75) is 19.4 Å². The zero-order valence-electron chi connectivity index (χ0n) is 10.0. The van der Waals surface area contributed by atoms with Gasteiger partial charge in [0.2, 0.25) is 0 Å². The molecule has 0 aliphatic carbocycles. The van der Waals surface area contributed by atoms with Gasteiger partial charge in [0.05, 0.1) is 0 Å². The molecule has 0 radical (unpaired) electrons. The fraction of sp³-hybridized carbons (Fsp3) is 0.214. The lowest BCUT2D eigenvalue weighted by atomic mass is 10.00. The number of hydrogen-bond acceptors (Lipinski definition) is 2. The van der Waals surface area contributed by atoms with E-state index in [9.17, 15) is 0 Å². The summed E-state index contributed by atoms with van der Waals surface area (Å²) >= 11 is 12.3. The molecule has 1 aromatic carbocycles. The maximum absolute atomic E-state index is 6.18. The van der Waals surface area contributed by atoms with Crippen LogP contribution in [0.4, 0.5) is 0 Å². The van der Waals surface area contributed by atoms with E-state index in [2.05, 4.69) is 4.98 Å². The Morgan fingerprint density at radius 2 is 1.89 bits per heavy atom. The fourth-order valence-electron chi connectivity index (χ4n) is 1.85. The van der Waals surface area contributed by atoms with Crippen LogP contribution in [0.15, 0.2) is 36.7 Å². The van der Waals surface area contributed by atoms with Crippen molar-refractivity contribution in [2.75, 3.05) is 0 Å². The van der Waals surface area contributed by atoms with E-state index in [1.165, 1.54) is 0 Å². The molecular weight excluding hydrogens is 267 g/mol. The molecule has 0 amide bonds. The summed E-state index contributed by atoms with van der Waals surface area (Å²) in [5.74, 6) is 0. The van der Waals surface area contributed by atoms with Gasteiger partial charge in [-0.1, -0.05) is 35.3 Å². The molecule has 2 nitrogen and oxygen atoms in total. The van der Waals surface area contributed by atoms with Crippen molar-refractivity contribution in [3.8, 4) is 0 Å². The van der Waals surface area contributed by atoms with Crippen LogP contribution >= 0.6 is 23.2 Å². The highest BCUT2D eigenvalue weighted by atomic mass is 35.5. The van der Waals surface area contributed by atoms with Gasteiger partial charge in [0.1, 0.15) is 0 Å². The average molecular weight is 281 g/mol. The second-order valence-corrected chi connectivity index (χ2v) is 5.12. The lowest BCUT2D eigenvalue weighted by molar-refractivity contribution is 0.717. The molecule has 0 aliphatic heterocycles. The molecule has 0 aliphatic rings. The van der Waals surface area contributed by atoms with Crippen molar-refractivity contribution in [1.82, 2.24) is 4.98 Å². The topological polar surface area (TPSA) is 38.9 Å². The number of aromatic nitrogens is 1. The number of nitrogens with zero attached hydrogens (tertiary/aromatic N) is 1. The molecule has 1 atom stereocenters. The van der Waals surface area contributed by atoms with Crippen LogP contribution in [-0.4, -0.2) is 4.98 Å². The van der Waals surface area contributed by atoms with Crippen LogP contribution in [0.2, 0.25) is 10.0 Å². The summed E-state index contributed by atoms with van der Waals surface area (Å²) in [5.41, 5.74) is 9.14. The van der Waals surface area contributed by atoms with E-state index >= 15 is 0 Å². The molecule has 2 rings (SSSR count). The minimum Gasteiger partial charge on any atom is -0.324 e. The molecule has 2 N–H and O–H groups in total. The average Bonchev–Trinajstić information content (AvgIpc) is 2.34. The van der Waals surface area contributed by atoms with Crippen LogP contribution in [0, 0.1) is 6.92 Å². The molecule has 1 aromatic heterocycles. The van der Waals surface area contributed by atoms with Gasteiger partial charge in [-0.3, -0.25) is 4.98 Å². The van der Waals surface area contributed by atoms with Gasteiger partial charge in [0.15, 0.2) is 0 Å². The second kappa shape index (κ2) is 5.70. The van der Waals surface area contributed by atoms with E-state index in [0.717, 1.165) is 16.7 Å². The van der Waals surface area contributed by atoms with Crippen LogP contribution in [-0.2, 0) is 6.42 Å². The van der Waals surface area contributed by atoms with E-state index in [4.69, 9.17) is 28.9 Å². The summed E-state index contributed by atoms with van der Waals surface area (Å²) in [6, 6.07) is 7.35. The van der Waals surface area contributed by atoms with Gasteiger partial charge in [0.25, 0.3) is 0 Å². The second-order valence-electron chi connectivity index (χ2n) is 4.31. The van der Waals surface area contributed by atoms with Gasteiger partial charge in [-0.25, -0.2) is 0 Å². The van der Waals surface area contributed by atoms with E-state index < -0.39 is 0 Å². The molecular formula is C14H14Cl2N2. The number of benzene rings is 1. The van der Waals surface area contributed by atoms with E-state index in [0.29, 0.717) is 16.5 Å². The molecule has 0 saturated heterocycles. The Kier molecular flexibility index (Phi) is 4.23. The molecule has 0 saturated carbocycles. The summed E-state index contributed by atoms with van der Waals surface area (Å²) in [5, 5.41) is 1.30. The van der Waals surface area contributed by atoms with E-state index in [-0.39, 0.29) is 6.04 Å². The Bertz CT molecular complexity index is 535. The van der Waals surface area contributed by atoms with Crippen LogP contribution in [0.1, 0.15) is 22.7 Å². The predicted molar refractivity (Wildman–Crippen MR) is 76.1 cm³/mol. The van der Waals surface area contributed by atoms with Crippen molar-refractivity contribution >= 4 is 23.2 Å². The van der Waals surface area contributed by atoms with Crippen molar-refractivity contribution in [3.63, 3.8) is 0 Å². The first-order chi connectivity index (χ1) is 8.58. The van der Waals surface area contributed by atoms with Gasteiger partial charge in [-0.2, -0.15) is 0 Å². The zero-order chi connectivity index (χ0) is 13.1. The Hall–Kier alpha value is -1.09. The Balaban J connectivity index is 2.24. The van der Waals surface area contributed by atoms with Gasteiger partial charge in [-0.15, -0.1) is 0 Å². The van der Waals surface area contributed by atoms with Gasteiger partial charge >= 0.3 is 0 Å². The monoisotopic (exact) mass is 280 g/mol. The first-order valence-electron chi connectivity index (χ1n) is 5.68. The molecule has 1 heterocycles. The molecule has 0 spiro atoms. The fourth-order valence-corrected chi connectivity index (χ4v) is 2.40. The highest BCUT2D eigenvalue weighted by Crippen LogP contribution is 2.28. The maximum atomic E-state index is 6.18. The molecule has 0 bridgehead atoms.